The van der Waals surface area contributed by atoms with E-state index in [0.29, 0.717) is 43.8 Å². The van der Waals surface area contributed by atoms with Gasteiger partial charge in [0.15, 0.2) is 5.82 Å². The zero-order chi connectivity index (χ0) is 28.4. The van der Waals surface area contributed by atoms with Crippen LogP contribution in [0.3, 0.4) is 0 Å². The van der Waals surface area contributed by atoms with Crippen LogP contribution in [0.1, 0.15) is 59.3 Å². The maximum absolute atomic E-state index is 15.4. The Morgan fingerprint density at radius 2 is 1.90 bits per heavy atom. The number of hydrogen-bond donors (Lipinski definition) is 0. The predicted molar refractivity (Wildman–Crippen MR) is 152 cm³/mol. The molecule has 0 N–H and O–H groups in total. The third-order valence-electron chi connectivity index (χ3n) is 9.00. The Bertz CT molecular complexity index is 1340. The highest BCUT2D eigenvalue weighted by Gasteiger charge is 2.51. The van der Waals surface area contributed by atoms with Gasteiger partial charge in [-0.3, -0.25) is 4.90 Å². The molecule has 6 rings (SSSR count). The molecule has 1 aromatic carbocycles. The van der Waals surface area contributed by atoms with E-state index in [9.17, 15) is 9.18 Å². The lowest BCUT2D eigenvalue weighted by Gasteiger charge is -2.56. The monoisotopic (exact) mass is 641 g/mol. The molecule has 0 saturated carbocycles. The van der Waals surface area contributed by atoms with E-state index in [4.69, 9.17) is 26.1 Å². The molecule has 8 nitrogen and oxygen atoms in total. The van der Waals surface area contributed by atoms with Crippen molar-refractivity contribution < 1.29 is 23.0 Å². The summed E-state index contributed by atoms with van der Waals surface area (Å²) < 4.78 is 41.6. The fourth-order valence-electron chi connectivity index (χ4n) is 6.89. The molecule has 0 unspecified atom stereocenters. The fraction of sp³-hybridized carbons (Fsp3) is 0.679. The highest BCUT2D eigenvalue weighted by atomic mass is 79.9. The number of benzene rings is 1. The van der Waals surface area contributed by atoms with Crippen molar-refractivity contribution in [3.05, 3.63) is 21.4 Å². The number of fused-ring (bicyclic) bond motifs is 2. The average Bonchev–Trinajstić information content (AvgIpc) is 3.40. The minimum absolute atomic E-state index is 0.0680. The number of hydrogen-bond acceptors (Lipinski definition) is 7. The van der Waals surface area contributed by atoms with Crippen LogP contribution in [0.15, 0.2) is 10.5 Å². The van der Waals surface area contributed by atoms with Crippen LogP contribution < -0.4 is 9.64 Å². The Hall–Kier alpha value is -1.98. The van der Waals surface area contributed by atoms with Gasteiger partial charge in [0.25, 0.3) is 0 Å². The second kappa shape index (κ2) is 10.1. The van der Waals surface area contributed by atoms with E-state index in [1.54, 1.807) is 6.07 Å². The van der Waals surface area contributed by atoms with Crippen LogP contribution in [0.25, 0.3) is 10.9 Å². The summed E-state index contributed by atoms with van der Waals surface area (Å²) in [6, 6.07) is 1.74. The number of amides is 1. The molecule has 4 saturated heterocycles. The molecule has 2 atom stereocenters. The molecule has 218 valence electrons. The highest BCUT2D eigenvalue weighted by Crippen LogP contribution is 2.44. The van der Waals surface area contributed by atoms with Gasteiger partial charge in [-0.05, 0) is 81.4 Å². The maximum Gasteiger partial charge on any atom is 0.410 e. The summed E-state index contributed by atoms with van der Waals surface area (Å²) in [5.41, 5.74) is -1.06. The van der Waals surface area contributed by atoms with Crippen LogP contribution >= 0.6 is 27.5 Å². The molecule has 1 amide bonds. The molecule has 5 heterocycles. The average molecular weight is 643 g/mol. The molecular formula is C28H35BrClF2N5O3. The molecule has 2 aromatic rings. The topological polar surface area (TPSA) is 71.0 Å². The van der Waals surface area contributed by atoms with Gasteiger partial charge in [0.2, 0.25) is 0 Å². The second-order valence-corrected chi connectivity index (χ2v) is 13.9. The van der Waals surface area contributed by atoms with Crippen LogP contribution in [0, 0.1) is 5.82 Å². The minimum Gasteiger partial charge on any atom is -0.461 e. The van der Waals surface area contributed by atoms with Crippen molar-refractivity contribution in [1.82, 2.24) is 19.8 Å². The lowest BCUT2D eigenvalue weighted by atomic mass is 9.76. The van der Waals surface area contributed by atoms with Gasteiger partial charge in [-0.15, -0.1) is 0 Å². The number of likely N-dealkylation sites (tertiary alicyclic amines) is 1. The second-order valence-electron chi connectivity index (χ2n) is 12.7. The first-order valence-electron chi connectivity index (χ1n) is 14.0. The molecular weight excluding hydrogens is 608 g/mol. The lowest BCUT2D eigenvalue weighted by molar-refractivity contribution is -0.0541. The van der Waals surface area contributed by atoms with Crippen molar-refractivity contribution >= 4 is 50.3 Å². The van der Waals surface area contributed by atoms with Crippen LogP contribution in [0.5, 0.6) is 6.01 Å². The number of rotatable bonds is 4. The molecule has 0 bridgehead atoms. The zero-order valence-electron chi connectivity index (χ0n) is 23.1. The van der Waals surface area contributed by atoms with E-state index in [1.807, 2.05) is 25.7 Å². The van der Waals surface area contributed by atoms with Crippen LogP contribution in [0.2, 0.25) is 5.02 Å². The molecule has 4 aliphatic heterocycles. The number of nitrogens with zero attached hydrogens (tertiary/aromatic N) is 5. The molecule has 1 spiro atoms. The number of carbonyl (C=O) groups is 1. The molecule has 4 aliphatic rings. The standard InChI is InChI=1S/C28H35BrClF2N5O3/c1-26(2,3)40-25(38)37-12-8-27(37)6-10-35(11-7-27)23-18-13-19(30)20(29)21(32)22(18)33-24(34-23)39-16-28-5-4-9-36(28)15-17(31)14-28/h13,17H,4-12,14-16H2,1-3H3/t17-,28+/m1/s1. The van der Waals surface area contributed by atoms with E-state index in [2.05, 4.69) is 30.7 Å². The summed E-state index contributed by atoms with van der Waals surface area (Å²) in [7, 11) is 0. The van der Waals surface area contributed by atoms with E-state index < -0.39 is 17.6 Å². The Morgan fingerprint density at radius 3 is 2.58 bits per heavy atom. The number of halogens is 4. The number of carbonyl (C=O) groups excluding carboxylic acids is 1. The number of aromatic nitrogens is 2. The number of ether oxygens (including phenoxy) is 2. The van der Waals surface area contributed by atoms with Gasteiger partial charge in [-0.1, -0.05) is 11.6 Å². The van der Waals surface area contributed by atoms with Crippen molar-refractivity contribution in [3.63, 3.8) is 0 Å². The van der Waals surface area contributed by atoms with E-state index in [-0.39, 0.29) is 44.8 Å². The molecule has 12 heteroatoms. The first-order chi connectivity index (χ1) is 18.9. The molecule has 1 aromatic heterocycles. The fourth-order valence-corrected chi connectivity index (χ4v) is 7.38. The minimum atomic E-state index is -0.875. The first kappa shape index (κ1) is 28.2. The van der Waals surface area contributed by atoms with Gasteiger partial charge in [-0.2, -0.15) is 9.97 Å². The number of piperidine rings is 1. The predicted octanol–water partition coefficient (Wildman–Crippen LogP) is 6.12. The Morgan fingerprint density at radius 1 is 1.18 bits per heavy atom. The first-order valence-corrected chi connectivity index (χ1v) is 15.2. The van der Waals surface area contributed by atoms with E-state index >= 15 is 4.39 Å². The number of alkyl halides is 1. The smallest absolute Gasteiger partial charge is 0.410 e. The van der Waals surface area contributed by atoms with Crippen LogP contribution in [-0.4, -0.2) is 88.0 Å². The summed E-state index contributed by atoms with van der Waals surface area (Å²) in [5, 5.41) is 0.726. The van der Waals surface area contributed by atoms with Gasteiger partial charge < -0.3 is 19.3 Å². The van der Waals surface area contributed by atoms with Crippen LogP contribution in [0.4, 0.5) is 19.4 Å². The summed E-state index contributed by atoms with van der Waals surface area (Å²) in [4.78, 5) is 28.1. The van der Waals surface area contributed by atoms with E-state index in [1.165, 1.54) is 0 Å². The molecule has 40 heavy (non-hydrogen) atoms. The zero-order valence-corrected chi connectivity index (χ0v) is 25.5. The SMILES string of the molecule is CC(C)(C)OC(=O)N1CCC12CCN(c1nc(OC[C@@]34CCCN3C[C@H](F)C4)nc3c(F)c(Br)c(Cl)cc13)CC2. The normalized spacial score (nSPS) is 26.3. The van der Waals surface area contributed by atoms with Gasteiger partial charge in [0.05, 0.1) is 20.6 Å². The summed E-state index contributed by atoms with van der Waals surface area (Å²) in [6.45, 7) is 9.04. The summed E-state index contributed by atoms with van der Waals surface area (Å²) >= 11 is 9.59. The van der Waals surface area contributed by atoms with Gasteiger partial charge in [-0.25, -0.2) is 13.6 Å². The van der Waals surface area contributed by atoms with Gasteiger partial charge in [0.1, 0.15) is 29.7 Å². The Kier molecular flexibility index (Phi) is 7.10. The molecule has 0 radical (unpaired) electrons. The lowest BCUT2D eigenvalue weighted by Crippen LogP contribution is -2.66. The third-order valence-corrected chi connectivity index (χ3v) is 10.3. The van der Waals surface area contributed by atoms with Crippen LogP contribution in [-0.2, 0) is 4.74 Å². The van der Waals surface area contributed by atoms with Gasteiger partial charge >= 0.3 is 12.1 Å². The Labute approximate surface area is 246 Å². The number of anilines is 1. The summed E-state index contributed by atoms with van der Waals surface area (Å²) in [5.74, 6) is -0.0354. The Balaban J connectivity index is 1.26. The maximum atomic E-state index is 15.4. The quantitative estimate of drug-likeness (QED) is 0.372. The molecule has 4 fully saturated rings. The van der Waals surface area contributed by atoms with Crippen molar-refractivity contribution in [1.29, 1.82) is 0 Å². The third kappa shape index (κ3) is 4.89. The van der Waals surface area contributed by atoms with Crippen molar-refractivity contribution in [3.8, 4) is 6.01 Å². The largest absolute Gasteiger partial charge is 0.461 e. The van der Waals surface area contributed by atoms with Crippen molar-refractivity contribution in [2.24, 2.45) is 0 Å². The molecule has 0 aliphatic carbocycles. The van der Waals surface area contributed by atoms with Gasteiger partial charge in [0, 0.05) is 38.0 Å². The van der Waals surface area contributed by atoms with Crippen molar-refractivity contribution in [2.45, 2.75) is 82.1 Å². The van der Waals surface area contributed by atoms with Crippen molar-refractivity contribution in [2.75, 3.05) is 44.2 Å². The highest BCUT2D eigenvalue weighted by molar-refractivity contribution is 9.10. The van der Waals surface area contributed by atoms with E-state index in [0.717, 1.165) is 38.6 Å². The summed E-state index contributed by atoms with van der Waals surface area (Å²) in [6.07, 6.45) is 3.50.